The second-order valence-corrected chi connectivity index (χ2v) is 5.33. The molecule has 4 rings (SSSR count). The molecule has 8 heteroatoms. The number of carbonyl (C=O) groups excluding carboxylic acids is 2. The molecule has 2 amide bonds. The fourth-order valence-corrected chi connectivity index (χ4v) is 2.48. The zero-order valence-corrected chi connectivity index (χ0v) is 13.0. The van der Waals surface area contributed by atoms with Gasteiger partial charge in [0.25, 0.3) is 11.8 Å². The molecule has 0 aromatic heterocycles. The Balaban J connectivity index is 1.40. The molecule has 0 spiro atoms. The molecule has 0 fully saturated rings. The van der Waals surface area contributed by atoms with Gasteiger partial charge in [0, 0.05) is 11.1 Å². The third-order valence-electron chi connectivity index (χ3n) is 3.73. The second kappa shape index (κ2) is 6.23. The van der Waals surface area contributed by atoms with Crippen molar-refractivity contribution in [2.24, 2.45) is 0 Å². The van der Waals surface area contributed by atoms with E-state index >= 15 is 0 Å². The predicted molar refractivity (Wildman–Crippen MR) is 84.9 cm³/mol. The monoisotopic (exact) mass is 342 g/mol. The van der Waals surface area contributed by atoms with Crippen LogP contribution in [0.4, 0.5) is 0 Å². The smallest absolute Gasteiger partial charge is 0.269 e. The second-order valence-electron chi connectivity index (χ2n) is 5.33. The maximum atomic E-state index is 12.2. The van der Waals surface area contributed by atoms with Gasteiger partial charge in [0.2, 0.25) is 6.79 Å². The average molecular weight is 342 g/mol. The molecule has 0 bridgehead atoms. The fraction of sp³-hybridized carbons (Fsp3) is 0.176. The van der Waals surface area contributed by atoms with E-state index in [-0.39, 0.29) is 6.79 Å². The van der Waals surface area contributed by atoms with Crippen molar-refractivity contribution in [1.82, 2.24) is 10.9 Å². The van der Waals surface area contributed by atoms with E-state index in [0.717, 1.165) is 0 Å². The van der Waals surface area contributed by atoms with E-state index in [9.17, 15) is 9.59 Å². The van der Waals surface area contributed by atoms with Gasteiger partial charge < -0.3 is 18.9 Å². The lowest BCUT2D eigenvalue weighted by Crippen LogP contribution is -2.41. The van der Waals surface area contributed by atoms with E-state index in [1.165, 1.54) is 0 Å². The SMILES string of the molecule is O=C(NNC(=O)c1ccc2c(c1)OCO2)c1ccc2c(c1)OCCO2. The highest BCUT2D eigenvalue weighted by atomic mass is 16.7. The topological polar surface area (TPSA) is 95.1 Å². The van der Waals surface area contributed by atoms with E-state index in [1.807, 2.05) is 0 Å². The summed E-state index contributed by atoms with van der Waals surface area (Å²) in [6, 6.07) is 9.59. The van der Waals surface area contributed by atoms with Crippen LogP contribution in [0.1, 0.15) is 20.7 Å². The largest absolute Gasteiger partial charge is 0.486 e. The van der Waals surface area contributed by atoms with Crippen LogP contribution in [0.2, 0.25) is 0 Å². The molecule has 0 saturated carbocycles. The molecule has 8 nitrogen and oxygen atoms in total. The van der Waals surface area contributed by atoms with Crippen LogP contribution in [-0.4, -0.2) is 31.8 Å². The van der Waals surface area contributed by atoms with E-state index in [0.29, 0.717) is 47.3 Å². The Kier molecular flexibility index (Phi) is 3.77. The number of hydrazine groups is 1. The van der Waals surface area contributed by atoms with Crippen LogP contribution in [0, 0.1) is 0 Å². The molecular weight excluding hydrogens is 328 g/mol. The van der Waals surface area contributed by atoms with E-state index in [1.54, 1.807) is 36.4 Å². The molecular formula is C17H14N2O6. The minimum Gasteiger partial charge on any atom is -0.486 e. The molecule has 0 atom stereocenters. The first-order chi connectivity index (χ1) is 12.2. The number of hydrogen-bond donors (Lipinski definition) is 2. The summed E-state index contributed by atoms with van der Waals surface area (Å²) in [6.07, 6.45) is 0. The standard InChI is InChI=1S/C17H14N2O6/c20-16(10-1-3-12-14(7-10)23-6-5-22-12)18-19-17(21)11-2-4-13-15(8-11)25-9-24-13/h1-4,7-8H,5-6,9H2,(H,18,20)(H,19,21). The van der Waals surface area contributed by atoms with Crippen molar-refractivity contribution in [2.75, 3.05) is 20.0 Å². The van der Waals surface area contributed by atoms with Crippen LogP contribution in [-0.2, 0) is 0 Å². The first-order valence-electron chi connectivity index (χ1n) is 7.61. The Morgan fingerprint density at radius 3 is 1.80 bits per heavy atom. The Morgan fingerprint density at radius 2 is 1.16 bits per heavy atom. The van der Waals surface area contributed by atoms with Crippen LogP contribution < -0.4 is 29.8 Å². The normalized spacial score (nSPS) is 13.9. The molecule has 0 aliphatic carbocycles. The van der Waals surface area contributed by atoms with Crippen LogP contribution >= 0.6 is 0 Å². The summed E-state index contributed by atoms with van der Waals surface area (Å²) < 4.78 is 21.2. The maximum Gasteiger partial charge on any atom is 0.269 e. The first kappa shape index (κ1) is 15.1. The van der Waals surface area contributed by atoms with Gasteiger partial charge in [0.1, 0.15) is 13.2 Å². The highest BCUT2D eigenvalue weighted by molar-refractivity contribution is 5.99. The molecule has 2 aliphatic heterocycles. The molecule has 2 N–H and O–H groups in total. The van der Waals surface area contributed by atoms with Crippen molar-refractivity contribution >= 4 is 11.8 Å². The lowest BCUT2D eigenvalue weighted by molar-refractivity contribution is 0.0846. The molecule has 128 valence electrons. The van der Waals surface area contributed by atoms with Crippen LogP contribution in [0.3, 0.4) is 0 Å². The number of amides is 2. The number of benzene rings is 2. The van der Waals surface area contributed by atoms with Crippen LogP contribution in [0.5, 0.6) is 23.0 Å². The molecule has 0 unspecified atom stereocenters. The van der Waals surface area contributed by atoms with Crippen molar-refractivity contribution in [1.29, 1.82) is 0 Å². The van der Waals surface area contributed by atoms with E-state index in [4.69, 9.17) is 18.9 Å². The Morgan fingerprint density at radius 1 is 0.680 bits per heavy atom. The number of fused-ring (bicyclic) bond motifs is 2. The Hall–Kier alpha value is -3.42. The fourth-order valence-electron chi connectivity index (χ4n) is 2.48. The van der Waals surface area contributed by atoms with Crippen molar-refractivity contribution in [3.05, 3.63) is 47.5 Å². The highest BCUT2D eigenvalue weighted by Crippen LogP contribution is 2.32. The van der Waals surface area contributed by atoms with Crippen molar-refractivity contribution in [3.8, 4) is 23.0 Å². The maximum absolute atomic E-state index is 12.2. The van der Waals surface area contributed by atoms with Crippen LogP contribution in [0.15, 0.2) is 36.4 Å². The number of hydrogen-bond acceptors (Lipinski definition) is 6. The summed E-state index contributed by atoms with van der Waals surface area (Å²) >= 11 is 0. The molecule has 2 heterocycles. The Bertz CT molecular complexity index is 851. The minimum absolute atomic E-state index is 0.126. The van der Waals surface area contributed by atoms with Crippen molar-refractivity contribution in [3.63, 3.8) is 0 Å². The molecule has 25 heavy (non-hydrogen) atoms. The summed E-state index contributed by atoms with van der Waals surface area (Å²) in [5.74, 6) is 1.23. The predicted octanol–water partition coefficient (Wildman–Crippen LogP) is 1.26. The van der Waals surface area contributed by atoms with Gasteiger partial charge in [-0.15, -0.1) is 0 Å². The lowest BCUT2D eigenvalue weighted by Gasteiger charge is -2.18. The molecule has 2 aromatic rings. The zero-order chi connectivity index (χ0) is 17.2. The summed E-state index contributed by atoms with van der Waals surface area (Å²) in [7, 11) is 0. The van der Waals surface area contributed by atoms with Crippen molar-refractivity contribution in [2.45, 2.75) is 0 Å². The highest BCUT2D eigenvalue weighted by Gasteiger charge is 2.18. The number of nitrogens with one attached hydrogen (secondary N) is 2. The molecule has 0 saturated heterocycles. The summed E-state index contributed by atoms with van der Waals surface area (Å²) in [5, 5.41) is 0. The van der Waals surface area contributed by atoms with Gasteiger partial charge in [-0.05, 0) is 36.4 Å². The van der Waals surface area contributed by atoms with Crippen molar-refractivity contribution < 1.29 is 28.5 Å². The summed E-state index contributed by atoms with van der Waals surface area (Å²) in [4.78, 5) is 24.3. The molecule has 2 aliphatic rings. The van der Waals surface area contributed by atoms with Gasteiger partial charge in [-0.3, -0.25) is 20.4 Å². The summed E-state index contributed by atoms with van der Waals surface area (Å²) in [5.41, 5.74) is 5.41. The van der Waals surface area contributed by atoms with Gasteiger partial charge in [0.15, 0.2) is 23.0 Å². The molecule has 2 aromatic carbocycles. The number of rotatable bonds is 2. The van der Waals surface area contributed by atoms with Gasteiger partial charge >= 0.3 is 0 Å². The third-order valence-corrected chi connectivity index (χ3v) is 3.73. The van der Waals surface area contributed by atoms with E-state index in [2.05, 4.69) is 10.9 Å². The summed E-state index contributed by atoms with van der Waals surface area (Å²) in [6.45, 7) is 1.03. The van der Waals surface area contributed by atoms with Crippen LogP contribution in [0.25, 0.3) is 0 Å². The van der Waals surface area contributed by atoms with Gasteiger partial charge in [0.05, 0.1) is 0 Å². The number of ether oxygens (including phenoxy) is 4. The molecule has 0 radical (unpaired) electrons. The van der Waals surface area contributed by atoms with Gasteiger partial charge in [-0.1, -0.05) is 0 Å². The number of carbonyl (C=O) groups is 2. The Labute approximate surface area is 142 Å². The first-order valence-corrected chi connectivity index (χ1v) is 7.61. The zero-order valence-electron chi connectivity index (χ0n) is 13.0. The quantitative estimate of drug-likeness (QED) is 0.798. The van der Waals surface area contributed by atoms with E-state index < -0.39 is 11.8 Å². The van der Waals surface area contributed by atoms with Gasteiger partial charge in [-0.25, -0.2) is 0 Å². The third kappa shape index (κ3) is 3.01. The van der Waals surface area contributed by atoms with Gasteiger partial charge in [-0.2, -0.15) is 0 Å². The lowest BCUT2D eigenvalue weighted by atomic mass is 10.2. The average Bonchev–Trinajstić information content (AvgIpc) is 3.13. The minimum atomic E-state index is -0.468.